The van der Waals surface area contributed by atoms with Crippen molar-refractivity contribution in [1.82, 2.24) is 0 Å². The lowest BCUT2D eigenvalue weighted by molar-refractivity contribution is -0.119. The summed E-state index contributed by atoms with van der Waals surface area (Å²) in [6, 6.07) is 11.7. The molecule has 0 fully saturated rings. The van der Waals surface area contributed by atoms with E-state index in [1.54, 1.807) is 56.3 Å². The van der Waals surface area contributed by atoms with Crippen LogP contribution in [0, 0.1) is 0 Å². The van der Waals surface area contributed by atoms with Gasteiger partial charge in [0.25, 0.3) is 0 Å². The van der Waals surface area contributed by atoms with Gasteiger partial charge in [0.2, 0.25) is 15.9 Å². The minimum atomic E-state index is -3.57. The maximum atomic E-state index is 12.4. The van der Waals surface area contributed by atoms with Crippen molar-refractivity contribution in [3.05, 3.63) is 58.6 Å². The van der Waals surface area contributed by atoms with Crippen molar-refractivity contribution in [1.29, 1.82) is 0 Å². The van der Waals surface area contributed by atoms with Gasteiger partial charge in [-0.3, -0.25) is 9.52 Å². The van der Waals surface area contributed by atoms with Crippen LogP contribution < -0.4 is 10.0 Å². The van der Waals surface area contributed by atoms with Crippen LogP contribution >= 0.6 is 11.6 Å². The molecule has 1 aliphatic rings. The number of amides is 1. The maximum absolute atomic E-state index is 12.4. The minimum absolute atomic E-state index is 0.0985. The molecule has 0 unspecified atom stereocenters. The van der Waals surface area contributed by atoms with Gasteiger partial charge in [0.1, 0.15) is 0 Å². The maximum Gasteiger partial charge on any atom is 0.236 e. The number of anilines is 2. The molecule has 2 aromatic carbocycles. The van der Waals surface area contributed by atoms with E-state index in [0.29, 0.717) is 22.0 Å². The average molecular weight is 365 g/mol. The highest BCUT2D eigenvalue weighted by molar-refractivity contribution is 7.91. The number of hydrogen-bond donors (Lipinski definition) is 2. The van der Waals surface area contributed by atoms with Crippen LogP contribution in [-0.4, -0.2) is 14.3 Å². The Balaban J connectivity index is 1.82. The van der Waals surface area contributed by atoms with Crippen LogP contribution in [-0.2, 0) is 26.0 Å². The second-order valence-corrected chi connectivity index (χ2v) is 8.49. The summed E-state index contributed by atoms with van der Waals surface area (Å²) >= 11 is 5.81. The van der Waals surface area contributed by atoms with Gasteiger partial charge in [-0.25, -0.2) is 8.42 Å². The number of nitrogens with one attached hydrogen (secondary N) is 2. The number of halogens is 1. The van der Waals surface area contributed by atoms with E-state index in [0.717, 1.165) is 5.56 Å². The third-order valence-electron chi connectivity index (χ3n) is 4.05. The molecule has 0 aliphatic carbocycles. The van der Waals surface area contributed by atoms with Gasteiger partial charge in [-0.1, -0.05) is 23.7 Å². The minimum Gasteiger partial charge on any atom is -0.325 e. The molecule has 3 rings (SSSR count). The summed E-state index contributed by atoms with van der Waals surface area (Å²) in [6.45, 7) is 3.61. The lowest BCUT2D eigenvalue weighted by Gasteiger charge is -2.16. The fraction of sp³-hybridized carbons (Fsp3) is 0.235. The first-order chi connectivity index (χ1) is 11.2. The quantitative estimate of drug-likeness (QED) is 0.871. The van der Waals surface area contributed by atoms with Gasteiger partial charge in [-0.2, -0.15) is 0 Å². The van der Waals surface area contributed by atoms with Crippen molar-refractivity contribution in [3.8, 4) is 0 Å². The van der Waals surface area contributed by atoms with Gasteiger partial charge in [0.15, 0.2) is 0 Å². The fourth-order valence-electron chi connectivity index (χ4n) is 2.65. The molecule has 0 radical (unpaired) electrons. The van der Waals surface area contributed by atoms with Gasteiger partial charge in [-0.05, 0) is 55.3 Å². The summed E-state index contributed by atoms with van der Waals surface area (Å²) in [5.41, 5.74) is 1.88. The Morgan fingerprint density at radius 1 is 1.12 bits per heavy atom. The highest BCUT2D eigenvalue weighted by atomic mass is 35.5. The largest absolute Gasteiger partial charge is 0.325 e. The molecule has 1 amide bonds. The molecule has 0 saturated carbocycles. The number of fused-ring (bicyclic) bond motifs is 1. The predicted octanol–water partition coefficient (Wildman–Crippen LogP) is 3.51. The molecular formula is C17H17ClN2O3S. The Labute approximate surface area is 146 Å². The molecule has 1 heterocycles. The molecular weight excluding hydrogens is 348 g/mol. The molecule has 0 spiro atoms. The van der Waals surface area contributed by atoms with Crippen molar-refractivity contribution in [2.75, 3.05) is 10.0 Å². The standard InChI is InChI=1S/C17H17ClN2O3S/c1-17(2)14-9-13(7-8-15(14)19-16(17)21)20-24(22,23)10-11-3-5-12(18)6-4-11/h3-9,20H,10H2,1-2H3,(H,19,21). The summed E-state index contributed by atoms with van der Waals surface area (Å²) in [7, 11) is -3.57. The summed E-state index contributed by atoms with van der Waals surface area (Å²) in [5.74, 6) is -0.249. The van der Waals surface area contributed by atoms with Gasteiger partial charge in [-0.15, -0.1) is 0 Å². The van der Waals surface area contributed by atoms with Crippen molar-refractivity contribution in [2.24, 2.45) is 0 Å². The number of hydrogen-bond acceptors (Lipinski definition) is 3. The fourth-order valence-corrected chi connectivity index (χ4v) is 3.97. The topological polar surface area (TPSA) is 75.3 Å². The van der Waals surface area contributed by atoms with E-state index in [2.05, 4.69) is 10.0 Å². The normalized spacial score (nSPS) is 15.7. The molecule has 0 atom stereocenters. The van der Waals surface area contributed by atoms with Crippen LogP contribution in [0.1, 0.15) is 25.0 Å². The van der Waals surface area contributed by atoms with Gasteiger partial charge >= 0.3 is 0 Å². The van der Waals surface area contributed by atoms with E-state index in [1.165, 1.54) is 0 Å². The molecule has 2 aromatic rings. The molecule has 126 valence electrons. The summed E-state index contributed by atoms with van der Waals surface area (Å²) < 4.78 is 27.3. The lowest BCUT2D eigenvalue weighted by Crippen LogP contribution is -2.27. The molecule has 0 bridgehead atoms. The number of carbonyl (C=O) groups excluding carboxylic acids is 1. The first kappa shape index (κ1) is 16.8. The van der Waals surface area contributed by atoms with Crippen LogP contribution in [0.2, 0.25) is 5.02 Å². The second kappa shape index (κ2) is 5.79. The summed E-state index contributed by atoms with van der Waals surface area (Å²) in [4.78, 5) is 12.0. The highest BCUT2D eigenvalue weighted by Gasteiger charge is 2.38. The Hall–Kier alpha value is -2.05. The van der Waals surface area contributed by atoms with E-state index in [9.17, 15) is 13.2 Å². The molecule has 0 saturated heterocycles. The zero-order valence-electron chi connectivity index (χ0n) is 13.3. The van der Waals surface area contributed by atoms with Crippen LogP contribution in [0.4, 0.5) is 11.4 Å². The van der Waals surface area contributed by atoms with E-state index >= 15 is 0 Å². The highest BCUT2D eigenvalue weighted by Crippen LogP contribution is 2.38. The van der Waals surface area contributed by atoms with E-state index in [1.807, 2.05) is 0 Å². The van der Waals surface area contributed by atoms with Gasteiger partial charge < -0.3 is 5.32 Å². The number of carbonyl (C=O) groups is 1. The smallest absolute Gasteiger partial charge is 0.236 e. The Morgan fingerprint density at radius 3 is 2.46 bits per heavy atom. The third-order valence-corrected chi connectivity index (χ3v) is 5.56. The number of sulfonamides is 1. The molecule has 5 nitrogen and oxygen atoms in total. The molecule has 7 heteroatoms. The summed E-state index contributed by atoms with van der Waals surface area (Å²) in [5, 5.41) is 3.35. The molecule has 0 aromatic heterocycles. The SMILES string of the molecule is CC1(C)C(=O)Nc2ccc(NS(=O)(=O)Cc3ccc(Cl)cc3)cc21. The molecule has 24 heavy (non-hydrogen) atoms. The monoisotopic (exact) mass is 364 g/mol. The summed E-state index contributed by atoms with van der Waals surface area (Å²) in [6.07, 6.45) is 0. The van der Waals surface area contributed by atoms with E-state index in [4.69, 9.17) is 11.6 Å². The first-order valence-electron chi connectivity index (χ1n) is 7.38. The van der Waals surface area contributed by atoms with Crippen LogP contribution in [0.3, 0.4) is 0 Å². The van der Waals surface area contributed by atoms with Crippen molar-refractivity contribution >= 4 is 38.9 Å². The zero-order chi connectivity index (χ0) is 17.5. The Bertz CT molecular complexity index is 906. The van der Waals surface area contributed by atoms with Crippen LogP contribution in [0.15, 0.2) is 42.5 Å². The van der Waals surface area contributed by atoms with Crippen molar-refractivity contribution in [3.63, 3.8) is 0 Å². The average Bonchev–Trinajstić information content (AvgIpc) is 2.71. The third kappa shape index (κ3) is 3.25. The van der Waals surface area contributed by atoms with Gasteiger partial charge in [0.05, 0.1) is 11.2 Å². The first-order valence-corrected chi connectivity index (χ1v) is 9.41. The van der Waals surface area contributed by atoms with E-state index in [-0.39, 0.29) is 11.7 Å². The lowest BCUT2D eigenvalue weighted by atomic mass is 9.86. The second-order valence-electron chi connectivity index (χ2n) is 6.33. The number of rotatable bonds is 4. The van der Waals surface area contributed by atoms with Crippen LogP contribution in [0.5, 0.6) is 0 Å². The number of benzene rings is 2. The van der Waals surface area contributed by atoms with Gasteiger partial charge in [0, 0.05) is 16.4 Å². The molecule has 1 aliphatic heterocycles. The van der Waals surface area contributed by atoms with E-state index < -0.39 is 15.4 Å². The van der Waals surface area contributed by atoms with Crippen LogP contribution in [0.25, 0.3) is 0 Å². The van der Waals surface area contributed by atoms with Crippen molar-refractivity contribution in [2.45, 2.75) is 25.0 Å². The zero-order valence-corrected chi connectivity index (χ0v) is 14.8. The Morgan fingerprint density at radius 2 is 1.79 bits per heavy atom. The van der Waals surface area contributed by atoms with Crippen molar-refractivity contribution < 1.29 is 13.2 Å². The predicted molar refractivity (Wildman–Crippen MR) is 95.8 cm³/mol. The Kier molecular flexibility index (Phi) is 4.05. The molecule has 2 N–H and O–H groups in total.